The number of rotatable bonds is 2. The second kappa shape index (κ2) is 4.77. The summed E-state index contributed by atoms with van der Waals surface area (Å²) in [5.41, 5.74) is 1.65. The molecule has 4 nitrogen and oxygen atoms in total. The number of aryl methyl sites for hydroxylation is 1. The maximum Gasteiger partial charge on any atom is 0.206 e. The predicted octanol–water partition coefficient (Wildman–Crippen LogP) is 2.56. The van der Waals surface area contributed by atoms with Crippen LogP contribution in [0.3, 0.4) is 0 Å². The summed E-state index contributed by atoms with van der Waals surface area (Å²) in [7, 11) is 2.08. The van der Waals surface area contributed by atoms with Gasteiger partial charge in [0.2, 0.25) is 5.95 Å². The molecule has 0 spiro atoms. The number of nitrogens with zero attached hydrogens (tertiary/aromatic N) is 3. The summed E-state index contributed by atoms with van der Waals surface area (Å²) in [6.45, 7) is 5.77. The Morgan fingerprint density at radius 3 is 2.45 bits per heavy atom. The third kappa shape index (κ3) is 2.29. The van der Waals surface area contributed by atoms with Crippen molar-refractivity contribution in [3.05, 3.63) is 24.3 Å². The molecule has 1 aliphatic rings. The van der Waals surface area contributed by atoms with E-state index >= 15 is 0 Å². The van der Waals surface area contributed by atoms with E-state index in [1.807, 2.05) is 26.0 Å². The Morgan fingerprint density at radius 1 is 1.20 bits per heavy atom. The lowest BCUT2D eigenvalue weighted by molar-refractivity contribution is 0.00637. The van der Waals surface area contributed by atoms with Crippen LogP contribution in [0.2, 0.25) is 0 Å². The quantitative estimate of drug-likeness (QED) is 0.914. The van der Waals surface area contributed by atoms with E-state index in [4.69, 9.17) is 4.98 Å². The normalized spacial score (nSPS) is 17.9. The van der Waals surface area contributed by atoms with Gasteiger partial charge in [0.1, 0.15) is 0 Å². The number of benzene rings is 1. The lowest BCUT2D eigenvalue weighted by atomic mass is 9.83. The van der Waals surface area contributed by atoms with Crippen molar-refractivity contribution in [2.75, 3.05) is 18.0 Å². The molecule has 2 heterocycles. The Bertz CT molecular complexity index is 604. The SMILES string of the molecule is Cn1c(N2CCC(C(C)(C)O)CC2)nc2ccccc21. The highest BCUT2D eigenvalue weighted by Crippen LogP contribution is 2.30. The molecule has 1 N–H and O–H groups in total. The van der Waals surface area contributed by atoms with Crippen molar-refractivity contribution in [3.8, 4) is 0 Å². The number of piperidine rings is 1. The zero-order valence-electron chi connectivity index (χ0n) is 12.5. The summed E-state index contributed by atoms with van der Waals surface area (Å²) in [5.74, 6) is 1.42. The molecule has 0 aliphatic carbocycles. The Morgan fingerprint density at radius 2 is 1.85 bits per heavy atom. The Kier molecular flexibility index (Phi) is 3.21. The van der Waals surface area contributed by atoms with Crippen LogP contribution in [0.25, 0.3) is 11.0 Å². The van der Waals surface area contributed by atoms with E-state index in [2.05, 4.69) is 28.6 Å². The number of hydrogen-bond donors (Lipinski definition) is 1. The maximum atomic E-state index is 10.1. The first-order valence-corrected chi connectivity index (χ1v) is 7.35. The lowest BCUT2D eigenvalue weighted by Gasteiger charge is -2.38. The van der Waals surface area contributed by atoms with Crippen molar-refractivity contribution in [2.24, 2.45) is 13.0 Å². The van der Waals surface area contributed by atoms with Crippen LogP contribution < -0.4 is 4.90 Å². The topological polar surface area (TPSA) is 41.3 Å². The molecule has 0 saturated carbocycles. The molecule has 1 aromatic heterocycles. The number of fused-ring (bicyclic) bond motifs is 1. The molecule has 0 radical (unpaired) electrons. The number of anilines is 1. The van der Waals surface area contributed by atoms with Gasteiger partial charge in [-0.25, -0.2) is 4.98 Å². The molecule has 2 aromatic rings. The number of para-hydroxylation sites is 2. The molecule has 0 atom stereocenters. The number of imidazole rings is 1. The van der Waals surface area contributed by atoms with Crippen molar-refractivity contribution < 1.29 is 5.11 Å². The van der Waals surface area contributed by atoms with Crippen LogP contribution in [0.1, 0.15) is 26.7 Å². The molecule has 3 rings (SSSR count). The summed E-state index contributed by atoms with van der Waals surface area (Å²) < 4.78 is 2.17. The van der Waals surface area contributed by atoms with Gasteiger partial charge in [0, 0.05) is 20.1 Å². The molecule has 0 unspecified atom stereocenters. The molecular weight excluding hydrogens is 250 g/mol. The van der Waals surface area contributed by atoms with E-state index in [1.165, 1.54) is 5.52 Å². The zero-order chi connectivity index (χ0) is 14.3. The third-order valence-corrected chi connectivity index (χ3v) is 4.54. The fourth-order valence-corrected chi connectivity index (χ4v) is 3.20. The van der Waals surface area contributed by atoms with Crippen molar-refractivity contribution in [1.82, 2.24) is 9.55 Å². The van der Waals surface area contributed by atoms with Gasteiger partial charge in [0.25, 0.3) is 0 Å². The molecule has 1 aliphatic heterocycles. The largest absolute Gasteiger partial charge is 0.390 e. The molecule has 0 amide bonds. The van der Waals surface area contributed by atoms with Gasteiger partial charge in [-0.05, 0) is 44.7 Å². The van der Waals surface area contributed by atoms with Crippen molar-refractivity contribution in [1.29, 1.82) is 0 Å². The summed E-state index contributed by atoms with van der Waals surface area (Å²) in [4.78, 5) is 7.09. The summed E-state index contributed by atoms with van der Waals surface area (Å²) in [6.07, 6.45) is 2.04. The minimum absolute atomic E-state index is 0.383. The molecule has 1 aromatic carbocycles. The van der Waals surface area contributed by atoms with E-state index in [0.29, 0.717) is 5.92 Å². The number of aliphatic hydroxyl groups is 1. The smallest absolute Gasteiger partial charge is 0.206 e. The number of hydrogen-bond acceptors (Lipinski definition) is 3. The summed E-state index contributed by atoms with van der Waals surface area (Å²) in [5, 5.41) is 10.1. The first kappa shape index (κ1) is 13.4. The Hall–Kier alpha value is -1.55. The van der Waals surface area contributed by atoms with Gasteiger partial charge < -0.3 is 14.6 Å². The van der Waals surface area contributed by atoms with Crippen molar-refractivity contribution >= 4 is 17.0 Å². The van der Waals surface area contributed by atoms with Crippen LogP contribution in [0, 0.1) is 5.92 Å². The average molecular weight is 273 g/mol. The van der Waals surface area contributed by atoms with Crippen LogP contribution in [-0.4, -0.2) is 33.3 Å². The standard InChI is InChI=1S/C16H23N3O/c1-16(2,20)12-8-10-19(11-9-12)15-17-13-6-4-5-7-14(13)18(15)3/h4-7,12,20H,8-11H2,1-3H3. The first-order chi connectivity index (χ1) is 9.47. The molecule has 20 heavy (non-hydrogen) atoms. The van der Waals surface area contributed by atoms with Gasteiger partial charge in [-0.2, -0.15) is 0 Å². The highest BCUT2D eigenvalue weighted by molar-refractivity contribution is 5.78. The van der Waals surface area contributed by atoms with E-state index in [9.17, 15) is 5.11 Å². The van der Waals surface area contributed by atoms with Crippen LogP contribution in [0.5, 0.6) is 0 Å². The van der Waals surface area contributed by atoms with Gasteiger partial charge in [0.15, 0.2) is 0 Å². The maximum absolute atomic E-state index is 10.1. The Balaban J connectivity index is 1.82. The zero-order valence-corrected chi connectivity index (χ0v) is 12.5. The monoisotopic (exact) mass is 273 g/mol. The van der Waals surface area contributed by atoms with E-state index in [1.54, 1.807) is 0 Å². The minimum atomic E-state index is -0.571. The second-order valence-electron chi connectivity index (χ2n) is 6.37. The van der Waals surface area contributed by atoms with Gasteiger partial charge >= 0.3 is 0 Å². The van der Waals surface area contributed by atoms with E-state index < -0.39 is 5.60 Å². The molecule has 1 saturated heterocycles. The molecule has 4 heteroatoms. The molecule has 0 bridgehead atoms. The molecule has 1 fully saturated rings. The van der Waals surface area contributed by atoms with Gasteiger partial charge in [-0.3, -0.25) is 0 Å². The van der Waals surface area contributed by atoms with Crippen molar-refractivity contribution in [3.63, 3.8) is 0 Å². The second-order valence-corrected chi connectivity index (χ2v) is 6.37. The molecular formula is C16H23N3O. The van der Waals surface area contributed by atoms with E-state index in [-0.39, 0.29) is 0 Å². The fraction of sp³-hybridized carbons (Fsp3) is 0.562. The average Bonchev–Trinajstić information content (AvgIpc) is 2.76. The van der Waals surface area contributed by atoms with Gasteiger partial charge in [-0.15, -0.1) is 0 Å². The summed E-state index contributed by atoms with van der Waals surface area (Å²) in [6, 6.07) is 8.24. The lowest BCUT2D eigenvalue weighted by Crippen LogP contribution is -2.42. The fourth-order valence-electron chi connectivity index (χ4n) is 3.20. The van der Waals surface area contributed by atoms with Crippen LogP contribution in [0.4, 0.5) is 5.95 Å². The van der Waals surface area contributed by atoms with Crippen LogP contribution in [0.15, 0.2) is 24.3 Å². The van der Waals surface area contributed by atoms with Crippen LogP contribution in [-0.2, 0) is 7.05 Å². The minimum Gasteiger partial charge on any atom is -0.390 e. The van der Waals surface area contributed by atoms with E-state index in [0.717, 1.165) is 37.4 Å². The van der Waals surface area contributed by atoms with Crippen molar-refractivity contribution in [2.45, 2.75) is 32.3 Å². The molecule has 108 valence electrons. The number of aromatic nitrogens is 2. The van der Waals surface area contributed by atoms with Gasteiger partial charge in [-0.1, -0.05) is 12.1 Å². The Labute approximate surface area is 120 Å². The van der Waals surface area contributed by atoms with Gasteiger partial charge in [0.05, 0.1) is 16.6 Å². The van der Waals surface area contributed by atoms with Crippen LogP contribution >= 0.6 is 0 Å². The highest BCUT2D eigenvalue weighted by Gasteiger charge is 2.31. The predicted molar refractivity (Wildman–Crippen MR) is 81.9 cm³/mol. The third-order valence-electron chi connectivity index (χ3n) is 4.54. The summed E-state index contributed by atoms with van der Waals surface area (Å²) >= 11 is 0. The first-order valence-electron chi connectivity index (χ1n) is 7.35. The highest BCUT2D eigenvalue weighted by atomic mass is 16.3.